The van der Waals surface area contributed by atoms with Gasteiger partial charge in [-0.25, -0.2) is 0 Å². The van der Waals surface area contributed by atoms with Gasteiger partial charge in [-0.3, -0.25) is 9.67 Å². The maximum absolute atomic E-state index is 5.81. The second kappa shape index (κ2) is 7.99. The number of hydrogen-bond donors (Lipinski definition) is 2. The molecule has 0 aliphatic carbocycles. The quantitative estimate of drug-likeness (QED) is 0.454. The summed E-state index contributed by atoms with van der Waals surface area (Å²) < 4.78 is 1.90. The molecule has 0 atom stereocenters. The number of aliphatic imine (C=N–C) groups is 1. The molecule has 0 aliphatic heterocycles. The van der Waals surface area contributed by atoms with Gasteiger partial charge in [0.1, 0.15) is 0 Å². The number of benzene rings is 1. The lowest BCUT2D eigenvalue weighted by Crippen LogP contribution is -2.33. The van der Waals surface area contributed by atoms with E-state index in [0.717, 1.165) is 25.9 Å². The van der Waals surface area contributed by atoms with E-state index in [4.69, 9.17) is 5.73 Å². The molecule has 0 bridgehead atoms. The third-order valence-corrected chi connectivity index (χ3v) is 2.95. The van der Waals surface area contributed by atoms with Gasteiger partial charge in [0.15, 0.2) is 5.96 Å². The molecule has 5 heteroatoms. The van der Waals surface area contributed by atoms with Gasteiger partial charge in [-0.2, -0.15) is 5.10 Å². The summed E-state index contributed by atoms with van der Waals surface area (Å²) in [5.41, 5.74) is 7.11. The molecule has 1 heterocycles. The Bertz CT molecular complexity index is 504. The first kappa shape index (κ1) is 14.1. The molecule has 0 saturated heterocycles. The van der Waals surface area contributed by atoms with Crippen LogP contribution in [0, 0.1) is 0 Å². The topological polar surface area (TPSA) is 68.2 Å². The van der Waals surface area contributed by atoms with Gasteiger partial charge in [-0.05, 0) is 24.5 Å². The maximum atomic E-state index is 5.81. The SMILES string of the molecule is NC(=NCCCn1cccn1)NCCc1ccccc1. The molecular formula is C15H21N5. The molecule has 0 fully saturated rings. The molecule has 20 heavy (non-hydrogen) atoms. The van der Waals surface area contributed by atoms with Crippen LogP contribution in [0.5, 0.6) is 0 Å². The molecule has 2 rings (SSSR count). The highest BCUT2D eigenvalue weighted by atomic mass is 15.3. The van der Waals surface area contributed by atoms with Gasteiger partial charge in [-0.15, -0.1) is 0 Å². The normalized spacial score (nSPS) is 11.5. The number of aromatic nitrogens is 2. The minimum atomic E-state index is 0.515. The molecule has 3 N–H and O–H groups in total. The van der Waals surface area contributed by atoms with Gasteiger partial charge in [0.2, 0.25) is 0 Å². The van der Waals surface area contributed by atoms with Crippen molar-refractivity contribution in [1.82, 2.24) is 15.1 Å². The van der Waals surface area contributed by atoms with Gasteiger partial charge < -0.3 is 11.1 Å². The zero-order valence-corrected chi connectivity index (χ0v) is 11.6. The van der Waals surface area contributed by atoms with E-state index < -0.39 is 0 Å². The molecule has 2 aromatic rings. The van der Waals surface area contributed by atoms with Crippen LogP contribution in [0.25, 0.3) is 0 Å². The van der Waals surface area contributed by atoms with Crippen LogP contribution in [0.1, 0.15) is 12.0 Å². The third kappa shape index (κ3) is 5.14. The summed E-state index contributed by atoms with van der Waals surface area (Å²) in [5.74, 6) is 0.515. The van der Waals surface area contributed by atoms with Crippen molar-refractivity contribution in [2.45, 2.75) is 19.4 Å². The second-order valence-electron chi connectivity index (χ2n) is 4.55. The average molecular weight is 271 g/mol. The van der Waals surface area contributed by atoms with Crippen LogP contribution in [0.15, 0.2) is 53.8 Å². The van der Waals surface area contributed by atoms with Crippen molar-refractivity contribution < 1.29 is 0 Å². The fourth-order valence-corrected chi connectivity index (χ4v) is 1.90. The molecule has 0 unspecified atom stereocenters. The Morgan fingerprint density at radius 2 is 2.10 bits per heavy atom. The van der Waals surface area contributed by atoms with Crippen molar-refractivity contribution >= 4 is 5.96 Å². The molecule has 1 aromatic heterocycles. The number of aryl methyl sites for hydroxylation is 1. The lowest BCUT2D eigenvalue weighted by atomic mass is 10.1. The van der Waals surface area contributed by atoms with E-state index >= 15 is 0 Å². The van der Waals surface area contributed by atoms with Crippen molar-refractivity contribution in [2.24, 2.45) is 10.7 Å². The van der Waals surface area contributed by atoms with Gasteiger partial charge in [-0.1, -0.05) is 30.3 Å². The van der Waals surface area contributed by atoms with Gasteiger partial charge in [0.05, 0.1) is 0 Å². The van der Waals surface area contributed by atoms with Crippen LogP contribution >= 0.6 is 0 Å². The monoisotopic (exact) mass is 271 g/mol. The first-order valence-electron chi connectivity index (χ1n) is 6.90. The van der Waals surface area contributed by atoms with E-state index in [1.807, 2.05) is 35.1 Å². The van der Waals surface area contributed by atoms with E-state index in [1.165, 1.54) is 5.56 Å². The minimum absolute atomic E-state index is 0.515. The van der Waals surface area contributed by atoms with Crippen molar-refractivity contribution in [3.8, 4) is 0 Å². The Balaban J connectivity index is 1.59. The van der Waals surface area contributed by atoms with Crippen LogP contribution < -0.4 is 11.1 Å². The first-order chi connectivity index (χ1) is 9.84. The summed E-state index contributed by atoms with van der Waals surface area (Å²) in [4.78, 5) is 4.30. The third-order valence-electron chi connectivity index (χ3n) is 2.95. The van der Waals surface area contributed by atoms with E-state index in [-0.39, 0.29) is 0 Å². The van der Waals surface area contributed by atoms with E-state index in [2.05, 4.69) is 27.5 Å². The molecule has 0 radical (unpaired) electrons. The van der Waals surface area contributed by atoms with Gasteiger partial charge in [0, 0.05) is 32.0 Å². The van der Waals surface area contributed by atoms with Crippen LogP contribution in [-0.2, 0) is 13.0 Å². The molecule has 106 valence electrons. The highest BCUT2D eigenvalue weighted by Crippen LogP contribution is 1.97. The number of nitrogens with one attached hydrogen (secondary N) is 1. The fraction of sp³-hybridized carbons (Fsp3) is 0.333. The number of hydrogen-bond acceptors (Lipinski definition) is 2. The highest BCUT2D eigenvalue weighted by molar-refractivity contribution is 5.77. The largest absolute Gasteiger partial charge is 0.370 e. The summed E-state index contributed by atoms with van der Waals surface area (Å²) in [7, 11) is 0. The Kier molecular flexibility index (Phi) is 5.64. The lowest BCUT2D eigenvalue weighted by Gasteiger charge is -2.06. The standard InChI is InChI=1S/C15H21N5/c16-15(17-9-4-12-20-13-5-10-19-20)18-11-8-14-6-2-1-3-7-14/h1-3,5-7,10,13H,4,8-9,11-12H2,(H3,16,17,18). The van der Waals surface area contributed by atoms with Crippen molar-refractivity contribution in [2.75, 3.05) is 13.1 Å². The molecule has 0 aliphatic rings. The molecule has 0 amide bonds. The Labute approximate surface area is 119 Å². The summed E-state index contributed by atoms with van der Waals surface area (Å²) >= 11 is 0. The average Bonchev–Trinajstić information content (AvgIpc) is 2.98. The number of nitrogens with zero attached hydrogens (tertiary/aromatic N) is 3. The second-order valence-corrected chi connectivity index (χ2v) is 4.55. The number of guanidine groups is 1. The molecule has 0 saturated carbocycles. The van der Waals surface area contributed by atoms with Gasteiger partial charge in [0.25, 0.3) is 0 Å². The number of nitrogens with two attached hydrogens (primary N) is 1. The summed E-state index contributed by atoms with van der Waals surface area (Å²) in [5, 5.41) is 7.27. The lowest BCUT2D eigenvalue weighted by molar-refractivity contribution is 0.584. The van der Waals surface area contributed by atoms with Gasteiger partial charge >= 0.3 is 0 Å². The predicted molar refractivity (Wildman–Crippen MR) is 81.5 cm³/mol. The van der Waals surface area contributed by atoms with E-state index in [9.17, 15) is 0 Å². The van der Waals surface area contributed by atoms with E-state index in [0.29, 0.717) is 12.5 Å². The molecule has 1 aromatic carbocycles. The highest BCUT2D eigenvalue weighted by Gasteiger charge is 1.94. The van der Waals surface area contributed by atoms with Crippen molar-refractivity contribution in [1.29, 1.82) is 0 Å². The zero-order chi connectivity index (χ0) is 14.0. The first-order valence-corrected chi connectivity index (χ1v) is 6.90. The summed E-state index contributed by atoms with van der Waals surface area (Å²) in [6.45, 7) is 2.39. The molecular weight excluding hydrogens is 250 g/mol. The van der Waals surface area contributed by atoms with E-state index in [1.54, 1.807) is 6.20 Å². The Morgan fingerprint density at radius 3 is 2.85 bits per heavy atom. The molecule has 5 nitrogen and oxygen atoms in total. The molecule has 0 spiro atoms. The number of rotatable bonds is 7. The summed E-state index contributed by atoms with van der Waals surface area (Å²) in [6, 6.07) is 12.2. The smallest absolute Gasteiger partial charge is 0.188 e. The van der Waals surface area contributed by atoms with Crippen LogP contribution in [-0.4, -0.2) is 28.8 Å². The Hall–Kier alpha value is -2.30. The van der Waals surface area contributed by atoms with Crippen molar-refractivity contribution in [3.05, 3.63) is 54.4 Å². The minimum Gasteiger partial charge on any atom is -0.370 e. The van der Waals surface area contributed by atoms with Crippen LogP contribution in [0.4, 0.5) is 0 Å². The Morgan fingerprint density at radius 1 is 1.25 bits per heavy atom. The summed E-state index contributed by atoms with van der Waals surface area (Å²) in [6.07, 6.45) is 5.61. The fourth-order valence-electron chi connectivity index (χ4n) is 1.90. The van der Waals surface area contributed by atoms with Crippen molar-refractivity contribution in [3.63, 3.8) is 0 Å². The van der Waals surface area contributed by atoms with Crippen LogP contribution in [0.2, 0.25) is 0 Å². The zero-order valence-electron chi connectivity index (χ0n) is 11.6. The maximum Gasteiger partial charge on any atom is 0.188 e. The predicted octanol–water partition coefficient (Wildman–Crippen LogP) is 1.42. The van der Waals surface area contributed by atoms with Crippen LogP contribution in [0.3, 0.4) is 0 Å².